The number of nitrogens with zero attached hydrogens (tertiary/aromatic N) is 4. The lowest BCUT2D eigenvalue weighted by Gasteiger charge is -2.16. The molecular weight excluding hydrogens is 450 g/mol. The van der Waals surface area contributed by atoms with Crippen LogP contribution in [0.4, 0.5) is 11.6 Å². The first-order valence-electron chi connectivity index (χ1n) is 9.42. The molecule has 3 heterocycles. The summed E-state index contributed by atoms with van der Waals surface area (Å²) in [6, 6.07) is 7.60. The minimum absolute atomic E-state index is 0.252. The van der Waals surface area contributed by atoms with Crippen LogP contribution in [0.5, 0.6) is 11.5 Å². The summed E-state index contributed by atoms with van der Waals surface area (Å²) in [7, 11) is 1.62. The number of ether oxygens (including phenoxy) is 2. The van der Waals surface area contributed by atoms with Gasteiger partial charge in [0.1, 0.15) is 23.4 Å². The number of H-pyrrole nitrogens is 1. The Balaban J connectivity index is 1.59. The zero-order valence-corrected chi connectivity index (χ0v) is 17.9. The normalized spacial score (nSPS) is 15.6. The maximum Gasteiger partial charge on any atom is 0.158 e. The van der Waals surface area contributed by atoms with E-state index < -0.39 is 0 Å². The molecule has 3 aromatic rings. The molecule has 9 nitrogen and oxygen atoms in total. The standard InChI is InChI=1S/C20H20BrN7O2/c1-29-16-4-13(21)5-17(30-11-12-2-3-23-8-12)20(16)15-6-18(28-27-15)26-19-10-24-14(7-22)9-25-19/h4-6,9-10,12,23H,2-3,8,11H2,1H3,(H2,25,26,27,28)/t12-/m0/s1. The molecule has 3 N–H and O–H groups in total. The first-order valence-corrected chi connectivity index (χ1v) is 10.2. The molecule has 0 unspecified atom stereocenters. The molecule has 0 bridgehead atoms. The van der Waals surface area contributed by atoms with E-state index in [0.29, 0.717) is 35.7 Å². The highest BCUT2D eigenvalue weighted by Gasteiger charge is 2.20. The third-order valence-corrected chi connectivity index (χ3v) is 5.22. The molecule has 4 rings (SSSR count). The predicted octanol–water partition coefficient (Wildman–Crippen LogP) is 3.24. The number of hydrogen-bond acceptors (Lipinski definition) is 8. The molecule has 1 atom stereocenters. The van der Waals surface area contributed by atoms with E-state index in [2.05, 4.69) is 46.7 Å². The summed E-state index contributed by atoms with van der Waals surface area (Å²) in [5.74, 6) is 2.90. The van der Waals surface area contributed by atoms with Gasteiger partial charge in [-0.3, -0.25) is 5.10 Å². The summed E-state index contributed by atoms with van der Waals surface area (Å²) in [6.45, 7) is 2.61. The summed E-state index contributed by atoms with van der Waals surface area (Å²) >= 11 is 3.53. The Morgan fingerprint density at radius 1 is 1.23 bits per heavy atom. The summed E-state index contributed by atoms with van der Waals surface area (Å²) in [5.41, 5.74) is 1.78. The van der Waals surface area contributed by atoms with Gasteiger partial charge in [0.15, 0.2) is 11.5 Å². The number of nitrogens with one attached hydrogen (secondary N) is 3. The molecule has 1 aromatic carbocycles. The molecule has 1 aliphatic rings. The lowest BCUT2D eigenvalue weighted by molar-refractivity contribution is 0.260. The molecular formula is C20H20BrN7O2. The molecule has 0 spiro atoms. The predicted molar refractivity (Wildman–Crippen MR) is 115 cm³/mol. The Hall–Kier alpha value is -3.16. The van der Waals surface area contributed by atoms with E-state index in [0.717, 1.165) is 35.2 Å². The fourth-order valence-electron chi connectivity index (χ4n) is 3.26. The zero-order chi connectivity index (χ0) is 20.9. The van der Waals surface area contributed by atoms with Crippen molar-refractivity contribution < 1.29 is 9.47 Å². The van der Waals surface area contributed by atoms with Crippen molar-refractivity contribution in [2.45, 2.75) is 6.42 Å². The van der Waals surface area contributed by atoms with Crippen LogP contribution in [0.2, 0.25) is 0 Å². The monoisotopic (exact) mass is 469 g/mol. The van der Waals surface area contributed by atoms with E-state index in [4.69, 9.17) is 14.7 Å². The molecule has 10 heteroatoms. The van der Waals surface area contributed by atoms with Crippen LogP contribution in [0.25, 0.3) is 11.3 Å². The molecule has 1 fully saturated rings. The molecule has 0 radical (unpaired) electrons. The topological polar surface area (TPSA) is 121 Å². The van der Waals surface area contributed by atoms with Gasteiger partial charge in [-0.05, 0) is 25.1 Å². The number of methoxy groups -OCH3 is 1. The quantitative estimate of drug-likeness (QED) is 0.482. The van der Waals surface area contributed by atoms with E-state index in [-0.39, 0.29) is 5.69 Å². The van der Waals surface area contributed by atoms with Crippen LogP contribution >= 0.6 is 15.9 Å². The highest BCUT2D eigenvalue weighted by molar-refractivity contribution is 9.10. The fraction of sp³-hybridized carbons (Fsp3) is 0.300. The largest absolute Gasteiger partial charge is 0.496 e. The maximum atomic E-state index is 8.83. The number of anilines is 2. The van der Waals surface area contributed by atoms with E-state index in [1.165, 1.54) is 12.4 Å². The second-order valence-electron chi connectivity index (χ2n) is 6.84. The number of halogens is 1. The summed E-state index contributed by atoms with van der Waals surface area (Å²) in [4.78, 5) is 8.15. The van der Waals surface area contributed by atoms with Crippen molar-refractivity contribution in [2.75, 3.05) is 32.1 Å². The van der Waals surface area contributed by atoms with E-state index >= 15 is 0 Å². The van der Waals surface area contributed by atoms with Crippen LogP contribution in [0.15, 0.2) is 35.1 Å². The van der Waals surface area contributed by atoms with E-state index in [9.17, 15) is 0 Å². The second kappa shape index (κ2) is 9.11. The van der Waals surface area contributed by atoms with Gasteiger partial charge in [0, 0.05) is 23.0 Å². The minimum Gasteiger partial charge on any atom is -0.496 e. The van der Waals surface area contributed by atoms with Crippen molar-refractivity contribution >= 4 is 27.6 Å². The molecule has 154 valence electrons. The first-order chi connectivity index (χ1) is 14.7. The minimum atomic E-state index is 0.252. The van der Waals surface area contributed by atoms with Gasteiger partial charge in [0.05, 0.1) is 37.4 Å². The van der Waals surface area contributed by atoms with Gasteiger partial charge in [-0.2, -0.15) is 10.4 Å². The van der Waals surface area contributed by atoms with Gasteiger partial charge >= 0.3 is 0 Å². The van der Waals surface area contributed by atoms with Crippen molar-refractivity contribution in [2.24, 2.45) is 5.92 Å². The summed E-state index contributed by atoms with van der Waals surface area (Å²) < 4.78 is 12.7. The molecule has 2 aromatic heterocycles. The number of rotatable bonds is 7. The molecule has 0 amide bonds. The van der Waals surface area contributed by atoms with Crippen molar-refractivity contribution in [3.63, 3.8) is 0 Å². The van der Waals surface area contributed by atoms with Crippen LogP contribution in [0, 0.1) is 17.2 Å². The van der Waals surface area contributed by atoms with Gasteiger partial charge in [-0.1, -0.05) is 15.9 Å². The number of hydrogen-bond donors (Lipinski definition) is 3. The second-order valence-corrected chi connectivity index (χ2v) is 7.76. The average Bonchev–Trinajstić information content (AvgIpc) is 3.44. The fourth-order valence-corrected chi connectivity index (χ4v) is 3.67. The van der Waals surface area contributed by atoms with Crippen LogP contribution in [-0.2, 0) is 0 Å². The third kappa shape index (κ3) is 4.53. The Bertz CT molecular complexity index is 1060. The molecule has 1 saturated heterocycles. The lowest BCUT2D eigenvalue weighted by atomic mass is 10.1. The van der Waals surface area contributed by atoms with Crippen LogP contribution in [0.3, 0.4) is 0 Å². The number of benzene rings is 1. The third-order valence-electron chi connectivity index (χ3n) is 4.76. The molecule has 30 heavy (non-hydrogen) atoms. The van der Waals surface area contributed by atoms with E-state index in [1.54, 1.807) is 7.11 Å². The van der Waals surface area contributed by atoms with Gasteiger partial charge in [0.2, 0.25) is 0 Å². The lowest BCUT2D eigenvalue weighted by Crippen LogP contribution is -2.15. The Morgan fingerprint density at radius 3 is 2.80 bits per heavy atom. The number of nitriles is 1. The van der Waals surface area contributed by atoms with Crippen molar-refractivity contribution in [1.82, 2.24) is 25.5 Å². The summed E-state index contributed by atoms with van der Waals surface area (Å²) in [6.07, 6.45) is 3.99. The van der Waals surface area contributed by atoms with Crippen LogP contribution < -0.4 is 20.1 Å². The van der Waals surface area contributed by atoms with Gasteiger partial charge < -0.3 is 20.1 Å². The smallest absolute Gasteiger partial charge is 0.158 e. The Morgan fingerprint density at radius 2 is 2.10 bits per heavy atom. The SMILES string of the molecule is COc1cc(Br)cc(OC[C@H]2CCNC2)c1-c1cc(Nc2cnc(C#N)cn2)n[nH]1. The number of aromatic amines is 1. The van der Waals surface area contributed by atoms with Crippen molar-refractivity contribution in [1.29, 1.82) is 5.26 Å². The number of aromatic nitrogens is 4. The highest BCUT2D eigenvalue weighted by Crippen LogP contribution is 2.41. The Kier molecular flexibility index (Phi) is 6.11. The van der Waals surface area contributed by atoms with E-state index in [1.807, 2.05) is 24.3 Å². The molecule has 1 aliphatic heterocycles. The highest BCUT2D eigenvalue weighted by atomic mass is 79.9. The van der Waals surface area contributed by atoms with Gasteiger partial charge in [-0.25, -0.2) is 9.97 Å². The van der Waals surface area contributed by atoms with Crippen LogP contribution in [0.1, 0.15) is 12.1 Å². The average molecular weight is 470 g/mol. The Labute approximate surface area is 182 Å². The van der Waals surface area contributed by atoms with Crippen molar-refractivity contribution in [3.05, 3.63) is 40.8 Å². The summed E-state index contributed by atoms with van der Waals surface area (Å²) in [5, 5.41) is 22.6. The van der Waals surface area contributed by atoms with Crippen LogP contribution in [-0.4, -0.2) is 47.0 Å². The molecule has 0 aliphatic carbocycles. The zero-order valence-electron chi connectivity index (χ0n) is 16.3. The maximum absolute atomic E-state index is 8.83. The first kappa shape index (κ1) is 20.1. The van der Waals surface area contributed by atoms with Gasteiger partial charge in [0.25, 0.3) is 0 Å². The van der Waals surface area contributed by atoms with Crippen molar-refractivity contribution in [3.8, 4) is 28.8 Å². The van der Waals surface area contributed by atoms with Gasteiger partial charge in [-0.15, -0.1) is 0 Å². The molecule has 0 saturated carbocycles.